The molecule has 6 heteroatoms. The minimum absolute atomic E-state index is 0.0379. The summed E-state index contributed by atoms with van der Waals surface area (Å²) in [6, 6.07) is 18.7. The van der Waals surface area contributed by atoms with Gasteiger partial charge in [0.15, 0.2) is 11.5 Å². The van der Waals surface area contributed by atoms with E-state index in [-0.39, 0.29) is 11.9 Å². The fourth-order valence-corrected chi connectivity index (χ4v) is 5.36. The Morgan fingerprint density at radius 3 is 2.46 bits per heavy atom. The van der Waals surface area contributed by atoms with Gasteiger partial charge in [-0.3, -0.25) is 9.69 Å². The first-order chi connectivity index (χ1) is 17.1. The summed E-state index contributed by atoms with van der Waals surface area (Å²) in [4.78, 5) is 17.8. The van der Waals surface area contributed by atoms with Crippen LogP contribution in [0.3, 0.4) is 0 Å². The maximum Gasteiger partial charge on any atom is 0.257 e. The van der Waals surface area contributed by atoms with Crippen LogP contribution in [0.5, 0.6) is 11.5 Å². The smallest absolute Gasteiger partial charge is 0.257 e. The van der Waals surface area contributed by atoms with Gasteiger partial charge in [-0.2, -0.15) is 0 Å². The zero-order valence-electron chi connectivity index (χ0n) is 20.6. The van der Waals surface area contributed by atoms with E-state index in [0.717, 1.165) is 50.4 Å². The number of carbonyl (C=O) groups is 1. The molecule has 6 nitrogen and oxygen atoms in total. The highest BCUT2D eigenvalue weighted by Crippen LogP contribution is 2.32. The van der Waals surface area contributed by atoms with Gasteiger partial charge in [-0.1, -0.05) is 36.4 Å². The summed E-state index contributed by atoms with van der Waals surface area (Å²) in [5.74, 6) is 2.84. The predicted octanol–water partition coefficient (Wildman–Crippen LogP) is 4.95. The van der Waals surface area contributed by atoms with Crippen molar-refractivity contribution in [3.8, 4) is 11.5 Å². The number of likely N-dealkylation sites (N-methyl/N-ethyl adjacent to an activating group) is 1. The molecule has 0 spiro atoms. The van der Waals surface area contributed by atoms with Crippen LogP contribution in [0.15, 0.2) is 65.3 Å². The fraction of sp³-hybridized carbons (Fsp3) is 0.414. The molecule has 0 unspecified atom stereocenters. The highest BCUT2D eigenvalue weighted by Gasteiger charge is 2.32. The Morgan fingerprint density at radius 2 is 1.74 bits per heavy atom. The summed E-state index contributed by atoms with van der Waals surface area (Å²) < 4.78 is 16.8. The Hall–Kier alpha value is -3.25. The molecule has 0 N–H and O–H groups in total. The van der Waals surface area contributed by atoms with Crippen LogP contribution in [-0.4, -0.2) is 55.1 Å². The largest absolute Gasteiger partial charge is 0.486 e. The van der Waals surface area contributed by atoms with Gasteiger partial charge in [-0.25, -0.2) is 0 Å². The maximum absolute atomic E-state index is 13.4. The van der Waals surface area contributed by atoms with Crippen LogP contribution in [-0.2, 0) is 13.0 Å². The van der Waals surface area contributed by atoms with E-state index in [4.69, 9.17) is 13.9 Å². The molecule has 1 atom stereocenters. The molecule has 0 bridgehead atoms. The second kappa shape index (κ2) is 10.6. The van der Waals surface area contributed by atoms with E-state index in [0.29, 0.717) is 30.5 Å². The summed E-state index contributed by atoms with van der Waals surface area (Å²) in [6.45, 7) is 5.99. The number of piperidine rings is 1. The third-order valence-electron chi connectivity index (χ3n) is 7.38. The number of ether oxygens (including phenoxy) is 2. The molecule has 1 fully saturated rings. The Bertz CT molecular complexity index is 1130. The van der Waals surface area contributed by atoms with Gasteiger partial charge in [0.1, 0.15) is 19.0 Å². The van der Waals surface area contributed by atoms with Gasteiger partial charge in [0, 0.05) is 19.6 Å². The van der Waals surface area contributed by atoms with Gasteiger partial charge in [0.2, 0.25) is 0 Å². The van der Waals surface area contributed by atoms with Crippen molar-refractivity contribution in [3.05, 3.63) is 83.3 Å². The first-order valence-electron chi connectivity index (χ1n) is 12.5. The van der Waals surface area contributed by atoms with E-state index >= 15 is 0 Å². The van der Waals surface area contributed by atoms with Gasteiger partial charge in [-0.15, -0.1) is 0 Å². The molecule has 0 radical (unpaired) electrons. The number of furan rings is 1. The molecular formula is C29H34N2O4. The maximum atomic E-state index is 13.4. The number of likely N-dealkylation sites (tertiary alicyclic amines) is 1. The van der Waals surface area contributed by atoms with Crippen LogP contribution in [0.25, 0.3) is 0 Å². The Labute approximate surface area is 207 Å². The van der Waals surface area contributed by atoms with E-state index in [9.17, 15) is 4.79 Å². The molecule has 2 aliphatic heterocycles. The van der Waals surface area contributed by atoms with Crippen LogP contribution in [0, 0.1) is 12.8 Å². The van der Waals surface area contributed by atoms with E-state index in [1.165, 1.54) is 11.1 Å². The quantitative estimate of drug-likeness (QED) is 0.485. The lowest BCUT2D eigenvalue weighted by Crippen LogP contribution is -2.47. The molecule has 35 heavy (non-hydrogen) atoms. The van der Waals surface area contributed by atoms with Gasteiger partial charge in [0.05, 0.1) is 11.8 Å². The van der Waals surface area contributed by atoms with Crippen molar-refractivity contribution in [1.82, 2.24) is 9.80 Å². The summed E-state index contributed by atoms with van der Waals surface area (Å²) in [5.41, 5.74) is 3.16. The molecule has 3 aromatic rings. The van der Waals surface area contributed by atoms with Crippen LogP contribution < -0.4 is 9.47 Å². The van der Waals surface area contributed by atoms with Crippen molar-refractivity contribution >= 4 is 5.91 Å². The summed E-state index contributed by atoms with van der Waals surface area (Å²) in [7, 11) is 1.95. The number of aryl methyl sites for hydroxylation is 1. The van der Waals surface area contributed by atoms with Gasteiger partial charge in [0.25, 0.3) is 5.91 Å². The standard InChI is InChI=1S/C29H34N2O4/c1-21-25(12-15-33-21)29(32)30(2)26(18-22-6-4-3-5-7-22)24-10-13-31(14-11-24)20-23-8-9-27-28(19-23)35-17-16-34-27/h3-9,12,15,19,24,26H,10-11,13-14,16-18,20H2,1-2H3/t26-/m1/s1. The number of carbonyl (C=O) groups excluding carboxylic acids is 1. The number of hydrogen-bond donors (Lipinski definition) is 0. The molecule has 0 saturated carbocycles. The minimum Gasteiger partial charge on any atom is -0.486 e. The highest BCUT2D eigenvalue weighted by atomic mass is 16.6. The van der Waals surface area contributed by atoms with Gasteiger partial charge in [-0.05, 0) is 74.5 Å². The normalized spacial score (nSPS) is 17.2. The topological polar surface area (TPSA) is 55.2 Å². The lowest BCUT2D eigenvalue weighted by atomic mass is 9.84. The second-order valence-corrected chi connectivity index (χ2v) is 9.66. The first kappa shape index (κ1) is 23.5. The van der Waals surface area contributed by atoms with Crippen molar-refractivity contribution in [2.45, 2.75) is 38.8 Å². The van der Waals surface area contributed by atoms with Crippen molar-refractivity contribution in [2.75, 3.05) is 33.4 Å². The third kappa shape index (κ3) is 5.38. The number of rotatable bonds is 7. The fourth-order valence-electron chi connectivity index (χ4n) is 5.36. The molecule has 0 aliphatic carbocycles. The first-order valence-corrected chi connectivity index (χ1v) is 12.5. The number of fused-ring (bicyclic) bond motifs is 1. The number of nitrogens with zero attached hydrogens (tertiary/aromatic N) is 2. The molecule has 184 valence electrons. The van der Waals surface area contributed by atoms with E-state index in [1.54, 1.807) is 12.3 Å². The second-order valence-electron chi connectivity index (χ2n) is 9.66. The number of amides is 1. The lowest BCUT2D eigenvalue weighted by Gasteiger charge is -2.40. The van der Waals surface area contributed by atoms with Crippen LogP contribution in [0.1, 0.15) is 40.1 Å². The molecular weight excluding hydrogens is 440 g/mol. The average molecular weight is 475 g/mol. The SMILES string of the molecule is Cc1occc1C(=O)N(C)[C@H](Cc1ccccc1)C1CCN(Cc2ccc3c(c2)OCCO3)CC1. The third-order valence-corrected chi connectivity index (χ3v) is 7.38. The molecule has 3 heterocycles. The zero-order chi connectivity index (χ0) is 24.2. The molecule has 2 aromatic carbocycles. The highest BCUT2D eigenvalue weighted by molar-refractivity contribution is 5.95. The van der Waals surface area contributed by atoms with Crippen molar-refractivity contribution in [1.29, 1.82) is 0 Å². The molecule has 5 rings (SSSR count). The molecule has 2 aliphatic rings. The van der Waals surface area contributed by atoms with Crippen molar-refractivity contribution in [2.24, 2.45) is 5.92 Å². The van der Waals surface area contributed by atoms with E-state index in [2.05, 4.69) is 41.3 Å². The monoisotopic (exact) mass is 474 g/mol. The molecule has 1 amide bonds. The van der Waals surface area contributed by atoms with Crippen LogP contribution in [0.4, 0.5) is 0 Å². The van der Waals surface area contributed by atoms with E-state index < -0.39 is 0 Å². The van der Waals surface area contributed by atoms with Gasteiger partial charge >= 0.3 is 0 Å². The number of hydrogen-bond acceptors (Lipinski definition) is 5. The molecule has 1 aromatic heterocycles. The van der Waals surface area contributed by atoms with Gasteiger partial charge < -0.3 is 18.8 Å². The average Bonchev–Trinajstić information content (AvgIpc) is 3.33. The zero-order valence-corrected chi connectivity index (χ0v) is 20.6. The lowest BCUT2D eigenvalue weighted by molar-refractivity contribution is 0.0583. The summed E-state index contributed by atoms with van der Waals surface area (Å²) >= 11 is 0. The van der Waals surface area contributed by atoms with Crippen LogP contribution >= 0.6 is 0 Å². The van der Waals surface area contributed by atoms with Crippen molar-refractivity contribution < 1.29 is 18.7 Å². The molecule has 1 saturated heterocycles. The Morgan fingerprint density at radius 1 is 1.00 bits per heavy atom. The predicted molar refractivity (Wildman–Crippen MR) is 135 cm³/mol. The van der Waals surface area contributed by atoms with Crippen molar-refractivity contribution in [3.63, 3.8) is 0 Å². The Kier molecular flexibility index (Phi) is 7.09. The summed E-state index contributed by atoms with van der Waals surface area (Å²) in [6.07, 6.45) is 4.57. The van der Waals surface area contributed by atoms with Crippen LogP contribution in [0.2, 0.25) is 0 Å². The Balaban J connectivity index is 1.26. The van der Waals surface area contributed by atoms with E-state index in [1.807, 2.05) is 31.0 Å². The minimum atomic E-state index is 0.0379. The number of benzene rings is 2. The summed E-state index contributed by atoms with van der Waals surface area (Å²) in [5, 5.41) is 0.